The Balaban J connectivity index is 1.82. The largest absolute Gasteiger partial charge is 0.497 e. The maximum atomic E-state index is 12.6. The minimum Gasteiger partial charge on any atom is -0.497 e. The zero-order valence-electron chi connectivity index (χ0n) is 15.4. The van der Waals surface area contributed by atoms with E-state index in [0.29, 0.717) is 11.4 Å². The number of carbonyl (C=O) groups is 1. The topological polar surface area (TPSA) is 64.1 Å². The molecule has 0 saturated carbocycles. The number of hydrogen-bond donors (Lipinski definition) is 1. The number of thiophene rings is 1. The zero-order chi connectivity index (χ0) is 18.8. The SMILES string of the molecule is COc1cccc(NC(=O)[C@@H](C)Sc2nc(C)nc3sc(C)c(C)c23)c1. The molecule has 0 radical (unpaired) electrons. The Kier molecular flexibility index (Phi) is 5.48. The van der Waals surface area contributed by atoms with E-state index < -0.39 is 0 Å². The van der Waals surface area contributed by atoms with E-state index in [1.807, 2.05) is 32.0 Å². The number of nitrogens with one attached hydrogen (secondary N) is 1. The number of carbonyl (C=O) groups excluding carboxylic acids is 1. The van der Waals surface area contributed by atoms with Crippen molar-refractivity contribution in [2.24, 2.45) is 0 Å². The van der Waals surface area contributed by atoms with E-state index in [4.69, 9.17) is 4.74 Å². The number of benzene rings is 1. The van der Waals surface area contributed by atoms with Gasteiger partial charge in [0.25, 0.3) is 0 Å². The van der Waals surface area contributed by atoms with Gasteiger partial charge < -0.3 is 10.1 Å². The van der Waals surface area contributed by atoms with Crippen molar-refractivity contribution in [2.45, 2.75) is 38.0 Å². The van der Waals surface area contributed by atoms with E-state index in [1.165, 1.54) is 22.2 Å². The molecule has 1 amide bonds. The van der Waals surface area contributed by atoms with Gasteiger partial charge in [0.15, 0.2) is 0 Å². The fraction of sp³-hybridized carbons (Fsp3) is 0.316. The van der Waals surface area contributed by atoms with Crippen LogP contribution in [-0.2, 0) is 4.79 Å². The van der Waals surface area contributed by atoms with Crippen molar-refractivity contribution in [3.8, 4) is 5.75 Å². The molecule has 1 aromatic carbocycles. The molecule has 0 aliphatic heterocycles. The lowest BCUT2D eigenvalue weighted by Crippen LogP contribution is -2.22. The first-order chi connectivity index (χ1) is 12.4. The van der Waals surface area contributed by atoms with Crippen LogP contribution in [0.2, 0.25) is 0 Å². The summed E-state index contributed by atoms with van der Waals surface area (Å²) >= 11 is 3.13. The summed E-state index contributed by atoms with van der Waals surface area (Å²) in [5, 5.41) is 4.57. The molecule has 3 aromatic rings. The predicted molar refractivity (Wildman–Crippen MR) is 109 cm³/mol. The lowest BCUT2D eigenvalue weighted by Gasteiger charge is -2.13. The second-order valence-corrected chi connectivity index (χ2v) is 8.55. The lowest BCUT2D eigenvalue weighted by molar-refractivity contribution is -0.115. The van der Waals surface area contributed by atoms with Crippen LogP contribution in [0, 0.1) is 20.8 Å². The number of aromatic nitrogens is 2. The number of ether oxygens (including phenoxy) is 1. The number of aryl methyl sites for hydroxylation is 3. The van der Waals surface area contributed by atoms with Gasteiger partial charge in [0.2, 0.25) is 5.91 Å². The molecular formula is C19H21N3O2S2. The second kappa shape index (κ2) is 7.63. The van der Waals surface area contributed by atoms with Crippen LogP contribution in [0.25, 0.3) is 10.2 Å². The minimum atomic E-state index is -0.293. The fourth-order valence-electron chi connectivity index (χ4n) is 2.57. The van der Waals surface area contributed by atoms with Crippen LogP contribution in [0.1, 0.15) is 23.2 Å². The van der Waals surface area contributed by atoms with Gasteiger partial charge in [-0.25, -0.2) is 9.97 Å². The summed E-state index contributed by atoms with van der Waals surface area (Å²) < 4.78 is 5.20. The molecule has 0 saturated heterocycles. The van der Waals surface area contributed by atoms with Crippen LogP contribution >= 0.6 is 23.1 Å². The first-order valence-corrected chi connectivity index (χ1v) is 9.94. The van der Waals surface area contributed by atoms with Crippen molar-refractivity contribution >= 4 is 44.9 Å². The van der Waals surface area contributed by atoms with E-state index >= 15 is 0 Å². The molecule has 136 valence electrons. The number of nitrogens with zero attached hydrogens (tertiary/aromatic N) is 2. The van der Waals surface area contributed by atoms with E-state index in [9.17, 15) is 4.79 Å². The van der Waals surface area contributed by atoms with E-state index in [-0.39, 0.29) is 11.2 Å². The summed E-state index contributed by atoms with van der Waals surface area (Å²) in [6.45, 7) is 7.94. The average molecular weight is 388 g/mol. The monoisotopic (exact) mass is 387 g/mol. The Morgan fingerprint density at radius 2 is 2.04 bits per heavy atom. The highest BCUT2D eigenvalue weighted by molar-refractivity contribution is 8.00. The van der Waals surface area contributed by atoms with E-state index in [0.717, 1.165) is 21.1 Å². The molecule has 2 aromatic heterocycles. The third-order valence-electron chi connectivity index (χ3n) is 4.10. The minimum absolute atomic E-state index is 0.0720. The van der Waals surface area contributed by atoms with E-state index in [2.05, 4.69) is 29.1 Å². The molecule has 0 spiro atoms. The van der Waals surface area contributed by atoms with Gasteiger partial charge in [-0.05, 0) is 45.4 Å². The molecular weight excluding hydrogens is 366 g/mol. The van der Waals surface area contributed by atoms with Crippen molar-refractivity contribution < 1.29 is 9.53 Å². The Morgan fingerprint density at radius 1 is 1.27 bits per heavy atom. The fourth-order valence-corrected chi connectivity index (χ4v) is 4.76. The zero-order valence-corrected chi connectivity index (χ0v) is 17.0. The molecule has 1 N–H and O–H groups in total. The van der Waals surface area contributed by atoms with Gasteiger partial charge in [-0.15, -0.1) is 11.3 Å². The molecule has 26 heavy (non-hydrogen) atoms. The number of amides is 1. The van der Waals surface area contributed by atoms with Crippen LogP contribution in [0.5, 0.6) is 5.75 Å². The number of rotatable bonds is 5. The van der Waals surface area contributed by atoms with Crippen LogP contribution in [0.15, 0.2) is 29.3 Å². The Labute approximate surface area is 161 Å². The third kappa shape index (κ3) is 3.83. The van der Waals surface area contributed by atoms with Gasteiger partial charge in [0, 0.05) is 22.0 Å². The Morgan fingerprint density at radius 3 is 2.77 bits per heavy atom. The molecule has 3 rings (SSSR count). The molecule has 0 unspecified atom stereocenters. The molecule has 5 nitrogen and oxygen atoms in total. The summed E-state index contributed by atoms with van der Waals surface area (Å²) in [7, 11) is 1.60. The molecule has 0 fully saturated rings. The number of fused-ring (bicyclic) bond motifs is 1. The summed E-state index contributed by atoms with van der Waals surface area (Å²) in [6.07, 6.45) is 0. The molecule has 7 heteroatoms. The van der Waals surface area contributed by atoms with Crippen LogP contribution < -0.4 is 10.1 Å². The maximum absolute atomic E-state index is 12.6. The quantitative estimate of drug-likeness (QED) is 0.506. The van der Waals surface area contributed by atoms with Gasteiger partial charge in [-0.1, -0.05) is 17.8 Å². The number of hydrogen-bond acceptors (Lipinski definition) is 6. The lowest BCUT2D eigenvalue weighted by atomic mass is 10.2. The summed E-state index contributed by atoms with van der Waals surface area (Å²) in [5.74, 6) is 1.36. The van der Waals surface area contributed by atoms with Gasteiger partial charge in [0.05, 0.1) is 12.4 Å². The van der Waals surface area contributed by atoms with Crippen molar-refractivity contribution in [3.63, 3.8) is 0 Å². The Bertz CT molecular complexity index is 969. The third-order valence-corrected chi connectivity index (χ3v) is 6.29. The highest BCUT2D eigenvalue weighted by Crippen LogP contribution is 2.36. The molecule has 2 heterocycles. The smallest absolute Gasteiger partial charge is 0.237 e. The average Bonchev–Trinajstić information content (AvgIpc) is 2.88. The summed E-state index contributed by atoms with van der Waals surface area (Å²) in [5.41, 5.74) is 1.90. The Hall–Kier alpha value is -2.12. The van der Waals surface area contributed by atoms with Gasteiger partial charge in [0.1, 0.15) is 21.4 Å². The molecule has 1 atom stereocenters. The number of thioether (sulfide) groups is 1. The summed E-state index contributed by atoms with van der Waals surface area (Å²) in [6, 6.07) is 7.34. The first kappa shape index (κ1) is 18.7. The number of anilines is 1. The predicted octanol–water partition coefficient (Wildman–Crippen LogP) is 4.74. The van der Waals surface area contributed by atoms with Crippen molar-refractivity contribution in [2.75, 3.05) is 12.4 Å². The highest BCUT2D eigenvalue weighted by Gasteiger charge is 2.20. The normalized spacial score (nSPS) is 12.2. The van der Waals surface area contributed by atoms with Crippen LogP contribution in [0.4, 0.5) is 5.69 Å². The van der Waals surface area contributed by atoms with Gasteiger partial charge in [-0.3, -0.25) is 4.79 Å². The van der Waals surface area contributed by atoms with E-state index in [1.54, 1.807) is 24.5 Å². The van der Waals surface area contributed by atoms with Gasteiger partial charge >= 0.3 is 0 Å². The van der Waals surface area contributed by atoms with Crippen LogP contribution in [0.3, 0.4) is 0 Å². The van der Waals surface area contributed by atoms with Crippen molar-refractivity contribution in [3.05, 3.63) is 40.5 Å². The standard InChI is InChI=1S/C19H21N3O2S2/c1-10-11(2)25-18-16(10)19(21-13(4)20-18)26-12(3)17(23)22-14-7-6-8-15(9-14)24-5/h6-9,12H,1-5H3,(H,22,23)/t12-/m1/s1. The summed E-state index contributed by atoms with van der Waals surface area (Å²) in [4.78, 5) is 24.0. The first-order valence-electron chi connectivity index (χ1n) is 8.25. The van der Waals surface area contributed by atoms with Crippen LogP contribution in [-0.4, -0.2) is 28.2 Å². The number of methoxy groups -OCH3 is 1. The molecule has 0 aliphatic carbocycles. The second-order valence-electron chi connectivity index (χ2n) is 6.02. The maximum Gasteiger partial charge on any atom is 0.237 e. The van der Waals surface area contributed by atoms with Crippen molar-refractivity contribution in [1.29, 1.82) is 0 Å². The highest BCUT2D eigenvalue weighted by atomic mass is 32.2. The molecule has 0 bridgehead atoms. The van der Waals surface area contributed by atoms with Crippen molar-refractivity contribution in [1.82, 2.24) is 9.97 Å². The van der Waals surface area contributed by atoms with Gasteiger partial charge in [-0.2, -0.15) is 0 Å². The molecule has 0 aliphatic rings.